The molecule has 0 aliphatic carbocycles. The highest BCUT2D eigenvalue weighted by Crippen LogP contribution is 2.23. The summed E-state index contributed by atoms with van der Waals surface area (Å²) in [6, 6.07) is 17.3. The zero-order valence-electron chi connectivity index (χ0n) is 8.64. The Morgan fingerprint density at radius 1 is 1.00 bits per heavy atom. The zero-order valence-corrected chi connectivity index (χ0v) is 8.64. The largest absolute Gasteiger partial charge is 0.192 e. The van der Waals surface area contributed by atoms with E-state index in [4.69, 9.17) is 11.7 Å². The summed E-state index contributed by atoms with van der Waals surface area (Å²) in [5.74, 6) is 2.65. The summed E-state index contributed by atoms with van der Waals surface area (Å²) in [5, 5.41) is 8.85. The lowest BCUT2D eigenvalue weighted by Gasteiger charge is -2.04. The lowest BCUT2D eigenvalue weighted by molar-refractivity contribution is 1.48. The maximum Gasteiger partial charge on any atom is 0.0991 e. The predicted molar refractivity (Wildman–Crippen MR) is 64.5 cm³/mol. The van der Waals surface area contributed by atoms with E-state index >= 15 is 0 Å². The molecule has 2 aromatic carbocycles. The number of terminal acetylenes is 1. The minimum atomic E-state index is 0.643. The third-order valence-electron chi connectivity index (χ3n) is 2.39. The van der Waals surface area contributed by atoms with Crippen LogP contribution in [0.5, 0.6) is 0 Å². The summed E-state index contributed by atoms with van der Waals surface area (Å²) in [6.07, 6.45) is 5.44. The monoisotopic (exact) mass is 203 g/mol. The minimum Gasteiger partial charge on any atom is -0.192 e. The molecule has 0 unspecified atom stereocenters. The van der Waals surface area contributed by atoms with Crippen LogP contribution in [0.25, 0.3) is 11.1 Å². The van der Waals surface area contributed by atoms with Crippen molar-refractivity contribution in [3.8, 4) is 29.5 Å². The van der Waals surface area contributed by atoms with Crippen molar-refractivity contribution >= 4 is 0 Å². The van der Waals surface area contributed by atoms with Gasteiger partial charge in [-0.05, 0) is 29.3 Å². The third-order valence-corrected chi connectivity index (χ3v) is 2.39. The number of hydrogen-bond acceptors (Lipinski definition) is 1. The molecule has 0 heterocycles. The average molecular weight is 203 g/mol. The van der Waals surface area contributed by atoms with Crippen LogP contribution in [0.3, 0.4) is 0 Å². The smallest absolute Gasteiger partial charge is 0.0991 e. The minimum absolute atomic E-state index is 0.643. The highest BCUT2D eigenvalue weighted by Gasteiger charge is 2.02. The molecule has 0 aromatic heterocycles. The van der Waals surface area contributed by atoms with E-state index in [1.54, 1.807) is 6.07 Å². The predicted octanol–water partition coefficient (Wildman–Crippen LogP) is 3.21. The van der Waals surface area contributed by atoms with Crippen molar-refractivity contribution in [3.05, 3.63) is 59.7 Å². The molecule has 0 saturated heterocycles. The SMILES string of the molecule is C#Cc1ccccc1-c1cccc(C#N)c1. The van der Waals surface area contributed by atoms with Gasteiger partial charge in [0.25, 0.3) is 0 Å². The van der Waals surface area contributed by atoms with Crippen LogP contribution in [0, 0.1) is 23.7 Å². The molecule has 0 radical (unpaired) electrons. The summed E-state index contributed by atoms with van der Waals surface area (Å²) in [4.78, 5) is 0. The quantitative estimate of drug-likeness (QED) is 0.653. The second kappa shape index (κ2) is 4.34. The van der Waals surface area contributed by atoms with E-state index in [0.717, 1.165) is 16.7 Å². The van der Waals surface area contributed by atoms with Crippen molar-refractivity contribution in [3.63, 3.8) is 0 Å². The molecule has 0 spiro atoms. The molecule has 0 aliphatic rings. The topological polar surface area (TPSA) is 23.8 Å². The van der Waals surface area contributed by atoms with E-state index in [2.05, 4.69) is 12.0 Å². The lowest BCUT2D eigenvalue weighted by Crippen LogP contribution is -1.84. The second-order valence-electron chi connectivity index (χ2n) is 3.38. The van der Waals surface area contributed by atoms with Crippen molar-refractivity contribution in [1.82, 2.24) is 0 Å². The Balaban J connectivity index is 2.60. The van der Waals surface area contributed by atoms with E-state index < -0.39 is 0 Å². The molecule has 74 valence electrons. The fourth-order valence-electron chi connectivity index (χ4n) is 1.62. The van der Waals surface area contributed by atoms with Gasteiger partial charge in [-0.1, -0.05) is 36.3 Å². The molecule has 0 N–H and O–H groups in total. The van der Waals surface area contributed by atoms with Gasteiger partial charge in [-0.3, -0.25) is 0 Å². The van der Waals surface area contributed by atoms with E-state index in [0.29, 0.717) is 5.56 Å². The number of hydrogen-bond donors (Lipinski definition) is 0. The van der Waals surface area contributed by atoms with Gasteiger partial charge in [-0.15, -0.1) is 6.42 Å². The molecule has 1 heteroatoms. The van der Waals surface area contributed by atoms with Gasteiger partial charge >= 0.3 is 0 Å². The molecule has 0 atom stereocenters. The number of nitriles is 1. The summed E-state index contributed by atoms with van der Waals surface area (Å²) >= 11 is 0. The first-order valence-electron chi connectivity index (χ1n) is 4.91. The molecule has 0 amide bonds. The van der Waals surface area contributed by atoms with Crippen LogP contribution in [0.4, 0.5) is 0 Å². The normalized spacial score (nSPS) is 9.12. The van der Waals surface area contributed by atoms with Gasteiger partial charge in [0.05, 0.1) is 11.6 Å². The lowest BCUT2D eigenvalue weighted by atomic mass is 9.99. The summed E-state index contributed by atoms with van der Waals surface area (Å²) < 4.78 is 0. The average Bonchev–Trinajstić information content (AvgIpc) is 2.38. The second-order valence-corrected chi connectivity index (χ2v) is 3.38. The maximum atomic E-state index is 8.85. The first-order chi connectivity index (χ1) is 7.85. The fraction of sp³-hybridized carbons (Fsp3) is 0. The van der Waals surface area contributed by atoms with Crippen LogP contribution in [0.2, 0.25) is 0 Å². The molecule has 0 saturated carbocycles. The first-order valence-corrected chi connectivity index (χ1v) is 4.91. The van der Waals surface area contributed by atoms with Gasteiger partial charge in [-0.25, -0.2) is 0 Å². The summed E-state index contributed by atoms with van der Waals surface area (Å²) in [6.45, 7) is 0. The van der Waals surface area contributed by atoms with Crippen LogP contribution >= 0.6 is 0 Å². The Kier molecular flexibility index (Phi) is 2.72. The van der Waals surface area contributed by atoms with Gasteiger partial charge in [0.1, 0.15) is 0 Å². The zero-order chi connectivity index (χ0) is 11.4. The van der Waals surface area contributed by atoms with Crippen LogP contribution in [0.1, 0.15) is 11.1 Å². The Morgan fingerprint density at radius 2 is 1.81 bits per heavy atom. The van der Waals surface area contributed by atoms with E-state index in [1.165, 1.54) is 0 Å². The Bertz CT molecular complexity index is 597. The van der Waals surface area contributed by atoms with Crippen molar-refractivity contribution in [1.29, 1.82) is 5.26 Å². The molecule has 16 heavy (non-hydrogen) atoms. The number of benzene rings is 2. The van der Waals surface area contributed by atoms with Crippen LogP contribution in [-0.4, -0.2) is 0 Å². The first kappa shape index (κ1) is 10.0. The van der Waals surface area contributed by atoms with Gasteiger partial charge in [0, 0.05) is 5.56 Å². The molecule has 0 bridgehead atoms. The Morgan fingerprint density at radius 3 is 2.56 bits per heavy atom. The van der Waals surface area contributed by atoms with Crippen LogP contribution < -0.4 is 0 Å². The van der Waals surface area contributed by atoms with Crippen molar-refractivity contribution in [2.75, 3.05) is 0 Å². The van der Waals surface area contributed by atoms with Gasteiger partial charge in [-0.2, -0.15) is 5.26 Å². The molecule has 2 aromatic rings. The highest BCUT2D eigenvalue weighted by atomic mass is 14.2. The van der Waals surface area contributed by atoms with Crippen LogP contribution in [-0.2, 0) is 0 Å². The summed E-state index contributed by atoms with van der Waals surface area (Å²) in [5.41, 5.74) is 3.46. The van der Waals surface area contributed by atoms with E-state index in [9.17, 15) is 0 Å². The number of rotatable bonds is 1. The van der Waals surface area contributed by atoms with Gasteiger partial charge in [0.15, 0.2) is 0 Å². The Hall–Kier alpha value is -2.51. The standard InChI is InChI=1S/C15H9N/c1-2-13-7-3-4-9-15(13)14-8-5-6-12(10-14)11-16/h1,3-10H. The van der Waals surface area contributed by atoms with E-state index in [1.807, 2.05) is 42.5 Å². The van der Waals surface area contributed by atoms with Crippen molar-refractivity contribution < 1.29 is 0 Å². The van der Waals surface area contributed by atoms with Crippen LogP contribution in [0.15, 0.2) is 48.5 Å². The maximum absolute atomic E-state index is 8.85. The highest BCUT2D eigenvalue weighted by molar-refractivity contribution is 5.71. The van der Waals surface area contributed by atoms with Gasteiger partial charge < -0.3 is 0 Å². The molecule has 1 nitrogen and oxygen atoms in total. The third kappa shape index (κ3) is 1.80. The summed E-state index contributed by atoms with van der Waals surface area (Å²) in [7, 11) is 0. The molecular weight excluding hydrogens is 194 g/mol. The number of nitrogens with zero attached hydrogens (tertiary/aromatic N) is 1. The fourth-order valence-corrected chi connectivity index (χ4v) is 1.62. The Labute approximate surface area is 95.0 Å². The molecular formula is C15H9N. The molecule has 0 fully saturated rings. The molecule has 2 rings (SSSR count). The van der Waals surface area contributed by atoms with Crippen molar-refractivity contribution in [2.24, 2.45) is 0 Å². The van der Waals surface area contributed by atoms with E-state index in [-0.39, 0.29) is 0 Å². The van der Waals surface area contributed by atoms with Gasteiger partial charge in [0.2, 0.25) is 0 Å². The van der Waals surface area contributed by atoms with Crippen molar-refractivity contribution in [2.45, 2.75) is 0 Å². The molecule has 0 aliphatic heterocycles.